The van der Waals surface area contributed by atoms with Crippen LogP contribution in [0.4, 0.5) is 4.39 Å². The molecule has 0 aromatic rings. The van der Waals surface area contributed by atoms with Gasteiger partial charge in [-0.15, -0.1) is 0 Å². The molecule has 4 nitrogen and oxygen atoms in total. The first-order valence-electron chi connectivity index (χ1n) is 4.50. The highest BCUT2D eigenvalue weighted by Gasteiger charge is 2.50. The summed E-state index contributed by atoms with van der Waals surface area (Å²) >= 11 is 0. The monoisotopic (exact) mass is 204 g/mol. The first-order chi connectivity index (χ1) is 6.41. The number of fused-ring (bicyclic) bond motifs is 1. The summed E-state index contributed by atoms with van der Waals surface area (Å²) in [4.78, 5) is 0. The van der Waals surface area contributed by atoms with Gasteiger partial charge < -0.3 is 19.7 Å². The average molecular weight is 204 g/mol. The Morgan fingerprint density at radius 1 is 1.36 bits per heavy atom. The summed E-state index contributed by atoms with van der Waals surface area (Å²) in [7, 11) is 0. The molecule has 0 spiro atoms. The molecule has 0 aromatic carbocycles. The molecule has 1 heterocycles. The first kappa shape index (κ1) is 10.0. The molecule has 0 saturated carbocycles. The SMILES string of the molecule is CC1(C)O[C@@H]2[C@@H](O)[C@@H](O)C=C(F)[C@@H]2O1. The summed E-state index contributed by atoms with van der Waals surface area (Å²) in [6, 6.07) is 0. The van der Waals surface area contributed by atoms with Crippen LogP contribution in [0, 0.1) is 0 Å². The van der Waals surface area contributed by atoms with E-state index in [0.717, 1.165) is 6.08 Å². The van der Waals surface area contributed by atoms with E-state index in [-0.39, 0.29) is 0 Å². The fourth-order valence-corrected chi connectivity index (χ4v) is 1.80. The van der Waals surface area contributed by atoms with Crippen LogP contribution in [0.1, 0.15) is 13.8 Å². The van der Waals surface area contributed by atoms with Gasteiger partial charge in [-0.1, -0.05) is 0 Å². The minimum absolute atomic E-state index is 0.585. The maximum Gasteiger partial charge on any atom is 0.164 e. The summed E-state index contributed by atoms with van der Waals surface area (Å²) in [6.07, 6.45) is -3.14. The van der Waals surface area contributed by atoms with Gasteiger partial charge in [-0.2, -0.15) is 0 Å². The van der Waals surface area contributed by atoms with Crippen LogP contribution in [0.15, 0.2) is 11.9 Å². The second kappa shape index (κ2) is 3.00. The highest BCUT2D eigenvalue weighted by atomic mass is 19.1. The van der Waals surface area contributed by atoms with Crippen molar-refractivity contribution in [1.29, 1.82) is 0 Å². The van der Waals surface area contributed by atoms with E-state index >= 15 is 0 Å². The third-order valence-corrected chi connectivity index (χ3v) is 2.42. The van der Waals surface area contributed by atoms with E-state index < -0.39 is 36.0 Å². The summed E-state index contributed by atoms with van der Waals surface area (Å²) in [5, 5.41) is 18.8. The number of ether oxygens (including phenoxy) is 2. The molecule has 1 fully saturated rings. The summed E-state index contributed by atoms with van der Waals surface area (Å²) < 4.78 is 23.8. The fourth-order valence-electron chi connectivity index (χ4n) is 1.80. The Morgan fingerprint density at radius 3 is 2.64 bits per heavy atom. The zero-order valence-corrected chi connectivity index (χ0v) is 7.98. The third kappa shape index (κ3) is 1.46. The quantitative estimate of drug-likeness (QED) is 0.587. The molecule has 0 radical (unpaired) electrons. The van der Waals surface area contributed by atoms with Crippen molar-refractivity contribution >= 4 is 0 Å². The van der Waals surface area contributed by atoms with E-state index in [9.17, 15) is 14.6 Å². The smallest absolute Gasteiger partial charge is 0.164 e. The van der Waals surface area contributed by atoms with Crippen LogP contribution in [0.2, 0.25) is 0 Å². The molecule has 0 unspecified atom stereocenters. The molecule has 2 rings (SSSR count). The van der Waals surface area contributed by atoms with Gasteiger partial charge in [0.15, 0.2) is 5.79 Å². The van der Waals surface area contributed by atoms with Crippen LogP contribution in [0.3, 0.4) is 0 Å². The Kier molecular flexibility index (Phi) is 2.15. The van der Waals surface area contributed by atoms with Gasteiger partial charge in [0.2, 0.25) is 0 Å². The number of aliphatic hydroxyl groups excluding tert-OH is 2. The zero-order chi connectivity index (χ0) is 10.5. The summed E-state index contributed by atoms with van der Waals surface area (Å²) in [5.74, 6) is -1.51. The molecule has 2 aliphatic rings. The highest BCUT2D eigenvalue weighted by molar-refractivity contribution is 5.16. The molecule has 4 atom stereocenters. The molecule has 0 aromatic heterocycles. The van der Waals surface area contributed by atoms with Gasteiger partial charge >= 0.3 is 0 Å². The van der Waals surface area contributed by atoms with Crippen molar-refractivity contribution in [1.82, 2.24) is 0 Å². The van der Waals surface area contributed by atoms with Gasteiger partial charge in [-0.3, -0.25) is 0 Å². The van der Waals surface area contributed by atoms with Gasteiger partial charge in [-0.25, -0.2) is 4.39 Å². The Morgan fingerprint density at radius 2 is 2.00 bits per heavy atom. The topological polar surface area (TPSA) is 58.9 Å². The first-order valence-corrected chi connectivity index (χ1v) is 4.50. The third-order valence-electron chi connectivity index (χ3n) is 2.42. The predicted octanol–water partition coefficient (Wildman–Crippen LogP) is 0.0953. The normalized spacial score (nSPS) is 45.9. The van der Waals surface area contributed by atoms with Gasteiger partial charge in [0.05, 0.1) is 0 Å². The molecule has 2 N–H and O–H groups in total. The Labute approximate surface area is 80.9 Å². The van der Waals surface area contributed by atoms with Crippen molar-refractivity contribution in [3.8, 4) is 0 Å². The van der Waals surface area contributed by atoms with Gasteiger partial charge in [0.25, 0.3) is 0 Å². The van der Waals surface area contributed by atoms with Crippen LogP contribution >= 0.6 is 0 Å². The fraction of sp³-hybridized carbons (Fsp3) is 0.778. The maximum absolute atomic E-state index is 13.3. The largest absolute Gasteiger partial charge is 0.387 e. The van der Waals surface area contributed by atoms with Crippen molar-refractivity contribution < 1.29 is 24.1 Å². The minimum Gasteiger partial charge on any atom is -0.387 e. The van der Waals surface area contributed by atoms with Crippen LogP contribution in [-0.4, -0.2) is 40.4 Å². The molecule has 1 aliphatic carbocycles. The lowest BCUT2D eigenvalue weighted by Gasteiger charge is -2.28. The van der Waals surface area contributed by atoms with E-state index in [1.54, 1.807) is 13.8 Å². The van der Waals surface area contributed by atoms with Crippen molar-refractivity contribution in [2.75, 3.05) is 0 Å². The molecular formula is C9H13FO4. The molecular weight excluding hydrogens is 191 g/mol. The average Bonchev–Trinajstić information content (AvgIpc) is 2.38. The number of halogens is 1. The summed E-state index contributed by atoms with van der Waals surface area (Å²) in [5.41, 5.74) is 0. The van der Waals surface area contributed by atoms with Crippen molar-refractivity contribution in [2.24, 2.45) is 0 Å². The lowest BCUT2D eigenvalue weighted by molar-refractivity contribution is -0.158. The van der Waals surface area contributed by atoms with Crippen LogP contribution in [0.25, 0.3) is 0 Å². The molecule has 1 aliphatic heterocycles. The Balaban J connectivity index is 2.27. The van der Waals surface area contributed by atoms with Crippen molar-refractivity contribution in [3.63, 3.8) is 0 Å². The zero-order valence-electron chi connectivity index (χ0n) is 7.98. The molecule has 5 heteroatoms. The van der Waals surface area contributed by atoms with E-state index in [2.05, 4.69) is 0 Å². The number of rotatable bonds is 0. The van der Waals surface area contributed by atoms with E-state index in [0.29, 0.717) is 0 Å². The second-order valence-electron chi connectivity index (χ2n) is 4.05. The van der Waals surface area contributed by atoms with Crippen LogP contribution < -0.4 is 0 Å². The van der Waals surface area contributed by atoms with E-state index in [4.69, 9.17) is 9.47 Å². The van der Waals surface area contributed by atoms with Gasteiger partial charge in [-0.05, 0) is 19.9 Å². The Hall–Kier alpha value is -0.490. The number of hydrogen-bond acceptors (Lipinski definition) is 4. The molecule has 14 heavy (non-hydrogen) atoms. The predicted molar refractivity (Wildman–Crippen MR) is 45.0 cm³/mol. The molecule has 1 saturated heterocycles. The van der Waals surface area contributed by atoms with Crippen LogP contribution in [-0.2, 0) is 9.47 Å². The van der Waals surface area contributed by atoms with E-state index in [1.807, 2.05) is 0 Å². The lowest BCUT2D eigenvalue weighted by atomic mass is 9.95. The molecule has 80 valence electrons. The lowest BCUT2D eigenvalue weighted by Crippen LogP contribution is -2.46. The highest BCUT2D eigenvalue weighted by Crippen LogP contribution is 2.37. The molecule has 0 amide bonds. The number of hydrogen-bond donors (Lipinski definition) is 2. The van der Waals surface area contributed by atoms with Gasteiger partial charge in [0, 0.05) is 0 Å². The van der Waals surface area contributed by atoms with E-state index in [1.165, 1.54) is 0 Å². The van der Waals surface area contributed by atoms with Crippen molar-refractivity contribution in [3.05, 3.63) is 11.9 Å². The number of aliphatic hydroxyl groups is 2. The second-order valence-corrected chi connectivity index (χ2v) is 4.05. The van der Waals surface area contributed by atoms with Gasteiger partial charge in [0.1, 0.15) is 30.2 Å². The summed E-state index contributed by atoms with van der Waals surface area (Å²) in [6.45, 7) is 3.27. The Bertz CT molecular complexity index is 276. The standard InChI is InChI=1S/C9H13FO4/c1-9(2)13-7-4(10)3-5(11)6(12)8(7)14-9/h3,5-8,11-12H,1-2H3/t5-,6-,7-,8+/m0/s1. The van der Waals surface area contributed by atoms with Crippen molar-refractivity contribution in [2.45, 2.75) is 44.1 Å². The molecule has 0 bridgehead atoms. The minimum atomic E-state index is -1.23. The van der Waals surface area contributed by atoms with Crippen LogP contribution in [0.5, 0.6) is 0 Å². The maximum atomic E-state index is 13.3.